The zero-order chi connectivity index (χ0) is 15.8. The quantitative estimate of drug-likeness (QED) is 0.623. The molecule has 0 atom stereocenters. The van der Waals surface area contributed by atoms with Gasteiger partial charge in [0.1, 0.15) is 11.6 Å². The van der Waals surface area contributed by atoms with E-state index < -0.39 is 0 Å². The van der Waals surface area contributed by atoms with Gasteiger partial charge in [-0.15, -0.1) is 0 Å². The van der Waals surface area contributed by atoms with Gasteiger partial charge in [-0.25, -0.2) is 13.9 Å². The minimum absolute atomic E-state index is 0.228. The van der Waals surface area contributed by atoms with Crippen LogP contribution in [0.4, 0.5) is 10.2 Å². The fraction of sp³-hybridized carbons (Fsp3) is 0.111. The first kappa shape index (κ1) is 13.7. The molecule has 0 spiro atoms. The number of aromatic nitrogens is 3. The molecule has 0 aliphatic heterocycles. The Morgan fingerprint density at radius 1 is 1.09 bits per heavy atom. The van der Waals surface area contributed by atoms with Gasteiger partial charge in [0.25, 0.3) is 0 Å². The molecule has 0 radical (unpaired) electrons. The number of fused-ring (bicyclic) bond motifs is 3. The van der Waals surface area contributed by atoms with Crippen LogP contribution in [0.2, 0.25) is 0 Å². The van der Waals surface area contributed by atoms with Crippen molar-refractivity contribution >= 4 is 22.4 Å². The fourth-order valence-corrected chi connectivity index (χ4v) is 2.70. The molecule has 4 rings (SSSR count). The Labute approximate surface area is 132 Å². The predicted molar refractivity (Wildman–Crippen MR) is 89.0 cm³/mol. The lowest BCUT2D eigenvalue weighted by atomic mass is 10.2. The van der Waals surface area contributed by atoms with E-state index in [1.54, 1.807) is 12.1 Å². The molecule has 23 heavy (non-hydrogen) atoms. The first-order valence-corrected chi connectivity index (χ1v) is 7.44. The summed E-state index contributed by atoms with van der Waals surface area (Å²) in [5, 5.41) is 8.85. The summed E-state index contributed by atoms with van der Waals surface area (Å²) in [5.41, 5.74) is 3.75. The summed E-state index contributed by atoms with van der Waals surface area (Å²) in [5.74, 6) is 0.575. The Kier molecular flexibility index (Phi) is 3.19. The van der Waals surface area contributed by atoms with Gasteiger partial charge in [-0.2, -0.15) is 5.10 Å². The number of hydrogen-bond acceptors (Lipinski definition) is 3. The van der Waals surface area contributed by atoms with E-state index in [9.17, 15) is 4.39 Å². The summed E-state index contributed by atoms with van der Waals surface area (Å²) >= 11 is 0. The van der Waals surface area contributed by atoms with Crippen molar-refractivity contribution < 1.29 is 4.39 Å². The maximum atomic E-state index is 13.0. The van der Waals surface area contributed by atoms with E-state index in [4.69, 9.17) is 0 Å². The number of nitrogens with zero attached hydrogens (tertiary/aromatic N) is 3. The van der Waals surface area contributed by atoms with Crippen LogP contribution in [0, 0.1) is 12.7 Å². The van der Waals surface area contributed by atoms with Crippen molar-refractivity contribution in [3.05, 3.63) is 71.7 Å². The van der Waals surface area contributed by atoms with Crippen LogP contribution in [0.15, 0.2) is 54.6 Å². The Morgan fingerprint density at radius 2 is 1.87 bits per heavy atom. The number of aryl methyl sites for hydroxylation is 1. The van der Waals surface area contributed by atoms with Crippen LogP contribution < -0.4 is 5.32 Å². The largest absolute Gasteiger partial charge is 0.365 e. The molecule has 0 unspecified atom stereocenters. The maximum Gasteiger partial charge on any atom is 0.158 e. The molecule has 2 aromatic heterocycles. The van der Waals surface area contributed by atoms with Gasteiger partial charge in [-0.1, -0.05) is 24.3 Å². The maximum absolute atomic E-state index is 13.0. The third kappa shape index (κ3) is 2.50. The van der Waals surface area contributed by atoms with Gasteiger partial charge in [0.2, 0.25) is 0 Å². The molecule has 0 saturated carbocycles. The Morgan fingerprint density at radius 3 is 2.70 bits per heavy atom. The second-order valence-corrected chi connectivity index (χ2v) is 5.51. The SMILES string of the molecule is Cc1cc2nc(NCc3ccc(F)cc3)c3ccccc3n2n1. The Hall–Kier alpha value is -2.95. The molecule has 0 aliphatic rings. The molecule has 4 nitrogen and oxygen atoms in total. The van der Waals surface area contributed by atoms with Crippen molar-refractivity contribution in [3.8, 4) is 0 Å². The molecule has 2 heterocycles. The zero-order valence-electron chi connectivity index (χ0n) is 12.6. The van der Waals surface area contributed by atoms with E-state index in [1.807, 2.05) is 41.8 Å². The number of benzene rings is 2. The molecule has 114 valence electrons. The van der Waals surface area contributed by atoms with E-state index in [0.717, 1.165) is 33.6 Å². The number of hydrogen-bond donors (Lipinski definition) is 1. The van der Waals surface area contributed by atoms with Gasteiger partial charge in [-0.05, 0) is 36.8 Å². The summed E-state index contributed by atoms with van der Waals surface area (Å²) in [6.45, 7) is 2.54. The highest BCUT2D eigenvalue weighted by Crippen LogP contribution is 2.23. The lowest BCUT2D eigenvalue weighted by Gasteiger charge is -2.10. The number of anilines is 1. The normalized spacial score (nSPS) is 11.2. The number of nitrogens with one attached hydrogen (secondary N) is 1. The minimum Gasteiger partial charge on any atom is -0.365 e. The summed E-state index contributed by atoms with van der Waals surface area (Å²) < 4.78 is 14.8. The molecule has 2 aromatic carbocycles. The number of rotatable bonds is 3. The summed E-state index contributed by atoms with van der Waals surface area (Å²) in [6, 6.07) is 16.4. The first-order chi connectivity index (χ1) is 11.2. The van der Waals surface area contributed by atoms with Crippen LogP contribution in [-0.4, -0.2) is 14.6 Å². The van der Waals surface area contributed by atoms with Gasteiger partial charge < -0.3 is 5.32 Å². The molecular weight excluding hydrogens is 291 g/mol. The molecular formula is C18H15FN4. The average Bonchev–Trinajstić information content (AvgIpc) is 2.94. The van der Waals surface area contributed by atoms with E-state index in [2.05, 4.69) is 15.4 Å². The molecule has 0 amide bonds. The average molecular weight is 306 g/mol. The van der Waals surface area contributed by atoms with Crippen LogP contribution in [0.1, 0.15) is 11.3 Å². The molecule has 0 fully saturated rings. The highest BCUT2D eigenvalue weighted by Gasteiger charge is 2.09. The van der Waals surface area contributed by atoms with Crippen LogP contribution in [0.5, 0.6) is 0 Å². The summed E-state index contributed by atoms with van der Waals surface area (Å²) in [7, 11) is 0. The van der Waals surface area contributed by atoms with Crippen molar-refractivity contribution in [2.45, 2.75) is 13.5 Å². The van der Waals surface area contributed by atoms with Crippen LogP contribution in [0.3, 0.4) is 0 Å². The van der Waals surface area contributed by atoms with Gasteiger partial charge in [-0.3, -0.25) is 0 Å². The second kappa shape index (κ2) is 5.35. The van der Waals surface area contributed by atoms with Gasteiger partial charge >= 0.3 is 0 Å². The smallest absolute Gasteiger partial charge is 0.158 e. The Bertz CT molecular complexity index is 989. The topological polar surface area (TPSA) is 42.2 Å². The first-order valence-electron chi connectivity index (χ1n) is 7.44. The van der Waals surface area contributed by atoms with E-state index in [-0.39, 0.29) is 5.82 Å². The molecule has 0 saturated heterocycles. The van der Waals surface area contributed by atoms with Crippen LogP contribution >= 0.6 is 0 Å². The lowest BCUT2D eigenvalue weighted by molar-refractivity contribution is 0.627. The van der Waals surface area contributed by atoms with E-state index in [1.165, 1.54) is 12.1 Å². The molecule has 4 aromatic rings. The van der Waals surface area contributed by atoms with Crippen molar-refractivity contribution in [1.82, 2.24) is 14.6 Å². The second-order valence-electron chi connectivity index (χ2n) is 5.51. The van der Waals surface area contributed by atoms with Crippen LogP contribution in [-0.2, 0) is 6.54 Å². The van der Waals surface area contributed by atoms with Crippen LogP contribution in [0.25, 0.3) is 16.6 Å². The zero-order valence-corrected chi connectivity index (χ0v) is 12.6. The van der Waals surface area contributed by atoms with Crippen molar-refractivity contribution in [3.63, 3.8) is 0 Å². The minimum atomic E-state index is -0.228. The molecule has 0 bridgehead atoms. The van der Waals surface area contributed by atoms with Crippen molar-refractivity contribution in [2.24, 2.45) is 0 Å². The van der Waals surface area contributed by atoms with Crippen molar-refractivity contribution in [2.75, 3.05) is 5.32 Å². The van der Waals surface area contributed by atoms with Crippen molar-refractivity contribution in [1.29, 1.82) is 0 Å². The third-order valence-electron chi connectivity index (χ3n) is 3.80. The van der Waals surface area contributed by atoms with E-state index in [0.29, 0.717) is 6.54 Å². The monoisotopic (exact) mass is 306 g/mol. The molecule has 0 aliphatic carbocycles. The molecule has 1 N–H and O–H groups in total. The Balaban J connectivity index is 1.76. The predicted octanol–water partition coefficient (Wildman–Crippen LogP) is 3.94. The molecule has 5 heteroatoms. The van der Waals surface area contributed by atoms with E-state index >= 15 is 0 Å². The lowest BCUT2D eigenvalue weighted by Crippen LogP contribution is -2.04. The number of para-hydroxylation sites is 1. The number of halogens is 1. The van der Waals surface area contributed by atoms with Gasteiger partial charge in [0.15, 0.2) is 5.65 Å². The third-order valence-corrected chi connectivity index (χ3v) is 3.80. The fourth-order valence-electron chi connectivity index (χ4n) is 2.70. The van der Waals surface area contributed by atoms with Gasteiger partial charge in [0, 0.05) is 18.0 Å². The highest BCUT2D eigenvalue weighted by atomic mass is 19.1. The van der Waals surface area contributed by atoms with Gasteiger partial charge in [0.05, 0.1) is 11.2 Å². The summed E-state index contributed by atoms with van der Waals surface area (Å²) in [6.07, 6.45) is 0. The summed E-state index contributed by atoms with van der Waals surface area (Å²) in [4.78, 5) is 4.67. The standard InChI is InChI=1S/C18H15FN4/c1-12-10-17-21-18(20-11-13-6-8-14(19)9-7-13)15-4-2-3-5-16(15)23(17)22-12/h2-10H,11H2,1H3,(H,20,21). The highest BCUT2D eigenvalue weighted by molar-refractivity contribution is 5.91.